The Labute approximate surface area is 124 Å². The standard InChI is InChI=1S/C14H19N3O3S/c1-2-17(11-6-8-21(18,19)10-11)9-12-3-4-14(20-12)13-5-7-15-16-13/h3-5,7,11H,2,6,8-10H2,1H3,(H,15,16). The van der Waals surface area contributed by atoms with Gasteiger partial charge in [-0.2, -0.15) is 5.10 Å². The molecule has 1 saturated heterocycles. The van der Waals surface area contributed by atoms with Gasteiger partial charge < -0.3 is 4.42 Å². The number of hydrogen-bond donors (Lipinski definition) is 1. The average molecular weight is 309 g/mol. The molecular formula is C14H19N3O3S. The van der Waals surface area contributed by atoms with Gasteiger partial charge in [-0.25, -0.2) is 8.42 Å². The number of rotatable bonds is 5. The molecule has 3 rings (SSSR count). The molecule has 6 nitrogen and oxygen atoms in total. The summed E-state index contributed by atoms with van der Waals surface area (Å²) in [7, 11) is -2.86. The number of nitrogens with one attached hydrogen (secondary N) is 1. The van der Waals surface area contributed by atoms with Gasteiger partial charge in [-0.3, -0.25) is 10.00 Å². The molecule has 1 atom stereocenters. The van der Waals surface area contributed by atoms with Gasteiger partial charge in [0.1, 0.15) is 11.5 Å². The first-order chi connectivity index (χ1) is 10.1. The van der Waals surface area contributed by atoms with E-state index in [4.69, 9.17) is 4.42 Å². The molecule has 0 aliphatic carbocycles. The van der Waals surface area contributed by atoms with Crippen LogP contribution in [0.4, 0.5) is 0 Å². The Hall–Kier alpha value is -1.60. The Balaban J connectivity index is 1.70. The van der Waals surface area contributed by atoms with Crippen LogP contribution in [0.15, 0.2) is 28.8 Å². The van der Waals surface area contributed by atoms with Gasteiger partial charge in [0.15, 0.2) is 15.6 Å². The Kier molecular flexibility index (Phi) is 3.86. The molecule has 0 aromatic carbocycles. The third kappa shape index (κ3) is 3.19. The SMILES string of the molecule is CCN(Cc1ccc(-c2ccn[nH]2)o1)C1CCS(=O)(=O)C1. The van der Waals surface area contributed by atoms with Crippen LogP contribution in [0.2, 0.25) is 0 Å². The molecule has 1 fully saturated rings. The number of sulfone groups is 1. The van der Waals surface area contributed by atoms with Gasteiger partial charge in [0.2, 0.25) is 0 Å². The minimum atomic E-state index is -2.86. The van der Waals surface area contributed by atoms with Crippen LogP contribution in [0.25, 0.3) is 11.5 Å². The Bertz CT molecular complexity index is 691. The van der Waals surface area contributed by atoms with Crippen molar-refractivity contribution in [3.8, 4) is 11.5 Å². The predicted octanol–water partition coefficient (Wildman–Crippen LogP) is 1.68. The van der Waals surface area contributed by atoms with Gasteiger partial charge in [-0.05, 0) is 31.2 Å². The molecule has 3 heterocycles. The minimum Gasteiger partial charge on any atom is -0.458 e. The summed E-state index contributed by atoms with van der Waals surface area (Å²) in [6.45, 7) is 3.48. The van der Waals surface area contributed by atoms with Crippen molar-refractivity contribution >= 4 is 9.84 Å². The largest absolute Gasteiger partial charge is 0.458 e. The number of nitrogens with zero attached hydrogens (tertiary/aromatic N) is 2. The second kappa shape index (κ2) is 5.65. The van der Waals surface area contributed by atoms with Crippen LogP contribution in [0.5, 0.6) is 0 Å². The maximum absolute atomic E-state index is 11.6. The number of hydrogen-bond acceptors (Lipinski definition) is 5. The zero-order valence-electron chi connectivity index (χ0n) is 11.9. The molecule has 0 amide bonds. The van der Waals surface area contributed by atoms with Gasteiger partial charge in [0.25, 0.3) is 0 Å². The van der Waals surface area contributed by atoms with Crippen molar-refractivity contribution in [3.63, 3.8) is 0 Å². The molecule has 0 radical (unpaired) electrons. The van der Waals surface area contributed by atoms with Crippen molar-refractivity contribution < 1.29 is 12.8 Å². The van der Waals surface area contributed by atoms with Crippen molar-refractivity contribution in [2.75, 3.05) is 18.1 Å². The lowest BCUT2D eigenvalue weighted by Gasteiger charge is -2.25. The molecule has 114 valence electrons. The van der Waals surface area contributed by atoms with Crippen LogP contribution in [0.3, 0.4) is 0 Å². The van der Waals surface area contributed by atoms with Crippen LogP contribution in [0.1, 0.15) is 19.1 Å². The zero-order chi connectivity index (χ0) is 14.9. The highest BCUT2D eigenvalue weighted by molar-refractivity contribution is 7.91. The smallest absolute Gasteiger partial charge is 0.152 e. The summed E-state index contributed by atoms with van der Waals surface area (Å²) < 4.78 is 29.0. The minimum absolute atomic E-state index is 0.0979. The molecule has 2 aromatic heterocycles. The average Bonchev–Trinajstić information content (AvgIpc) is 3.15. The highest BCUT2D eigenvalue weighted by atomic mass is 32.2. The van der Waals surface area contributed by atoms with E-state index >= 15 is 0 Å². The van der Waals surface area contributed by atoms with Gasteiger partial charge in [-0.1, -0.05) is 6.92 Å². The summed E-state index contributed by atoms with van der Waals surface area (Å²) in [5, 5.41) is 6.77. The van der Waals surface area contributed by atoms with Crippen LogP contribution < -0.4 is 0 Å². The molecule has 1 aliphatic heterocycles. The fourth-order valence-electron chi connectivity index (χ4n) is 2.76. The van der Waals surface area contributed by atoms with E-state index in [2.05, 4.69) is 15.1 Å². The summed E-state index contributed by atoms with van der Waals surface area (Å²) in [6.07, 6.45) is 2.39. The topological polar surface area (TPSA) is 79.2 Å². The number of aromatic nitrogens is 2. The quantitative estimate of drug-likeness (QED) is 0.909. The molecule has 21 heavy (non-hydrogen) atoms. The maximum atomic E-state index is 11.6. The Morgan fingerprint density at radius 3 is 2.90 bits per heavy atom. The van der Waals surface area contributed by atoms with Crippen LogP contribution in [-0.4, -0.2) is 47.6 Å². The molecule has 2 aromatic rings. The molecule has 7 heteroatoms. The second-order valence-corrected chi connectivity index (χ2v) is 7.58. The van der Waals surface area contributed by atoms with Crippen LogP contribution >= 0.6 is 0 Å². The summed E-state index contributed by atoms with van der Waals surface area (Å²) in [4.78, 5) is 2.17. The maximum Gasteiger partial charge on any atom is 0.152 e. The fraction of sp³-hybridized carbons (Fsp3) is 0.500. The lowest BCUT2D eigenvalue weighted by molar-refractivity contribution is 0.199. The van der Waals surface area contributed by atoms with E-state index in [-0.39, 0.29) is 11.8 Å². The second-order valence-electron chi connectivity index (χ2n) is 5.36. The van der Waals surface area contributed by atoms with E-state index in [9.17, 15) is 8.42 Å². The van der Waals surface area contributed by atoms with Crippen LogP contribution in [0, 0.1) is 0 Å². The molecule has 0 saturated carbocycles. The molecular weight excluding hydrogens is 290 g/mol. The van der Waals surface area contributed by atoms with Crippen molar-refractivity contribution in [1.29, 1.82) is 0 Å². The van der Waals surface area contributed by atoms with Gasteiger partial charge >= 0.3 is 0 Å². The van der Waals surface area contributed by atoms with Crippen molar-refractivity contribution in [2.24, 2.45) is 0 Å². The summed E-state index contributed by atoms with van der Waals surface area (Å²) >= 11 is 0. The first-order valence-corrected chi connectivity index (χ1v) is 8.92. The predicted molar refractivity (Wildman–Crippen MR) is 79.4 cm³/mol. The number of aromatic amines is 1. The van der Waals surface area contributed by atoms with Crippen molar-refractivity contribution in [3.05, 3.63) is 30.2 Å². The third-order valence-corrected chi connectivity index (χ3v) is 5.67. The number of furan rings is 1. The van der Waals surface area contributed by atoms with E-state index in [0.717, 1.165) is 23.8 Å². The zero-order valence-corrected chi connectivity index (χ0v) is 12.8. The van der Waals surface area contributed by atoms with Gasteiger partial charge in [-0.15, -0.1) is 0 Å². The lowest BCUT2D eigenvalue weighted by Crippen LogP contribution is -2.35. The summed E-state index contributed by atoms with van der Waals surface area (Å²) in [6, 6.07) is 5.79. The summed E-state index contributed by atoms with van der Waals surface area (Å²) in [5.41, 5.74) is 0.841. The highest BCUT2D eigenvalue weighted by Gasteiger charge is 2.31. The molecule has 1 N–H and O–H groups in total. The fourth-order valence-corrected chi connectivity index (χ4v) is 4.52. The van der Waals surface area contributed by atoms with Crippen molar-refractivity contribution in [2.45, 2.75) is 25.9 Å². The molecule has 0 bridgehead atoms. The van der Waals surface area contributed by atoms with Gasteiger partial charge in [0, 0.05) is 12.2 Å². The normalized spacial score (nSPS) is 21.1. The third-order valence-electron chi connectivity index (χ3n) is 3.92. The Morgan fingerprint density at radius 1 is 1.43 bits per heavy atom. The molecule has 1 aliphatic rings. The van der Waals surface area contributed by atoms with Gasteiger partial charge in [0.05, 0.1) is 18.1 Å². The van der Waals surface area contributed by atoms with Crippen molar-refractivity contribution in [1.82, 2.24) is 15.1 Å². The number of H-pyrrole nitrogens is 1. The first kappa shape index (κ1) is 14.3. The van der Waals surface area contributed by atoms with Crippen LogP contribution in [-0.2, 0) is 16.4 Å². The van der Waals surface area contributed by atoms with E-state index in [0.29, 0.717) is 18.7 Å². The summed E-state index contributed by atoms with van der Waals surface area (Å²) in [5.74, 6) is 2.14. The molecule has 0 spiro atoms. The van der Waals surface area contributed by atoms with E-state index in [1.807, 2.05) is 25.1 Å². The first-order valence-electron chi connectivity index (χ1n) is 7.10. The highest BCUT2D eigenvalue weighted by Crippen LogP contribution is 2.23. The van der Waals surface area contributed by atoms with E-state index in [1.165, 1.54) is 0 Å². The molecule has 1 unspecified atom stereocenters. The Morgan fingerprint density at radius 2 is 2.29 bits per heavy atom. The lowest BCUT2D eigenvalue weighted by atomic mass is 10.2. The monoisotopic (exact) mass is 309 g/mol. The van der Waals surface area contributed by atoms with E-state index in [1.54, 1.807) is 6.20 Å². The van der Waals surface area contributed by atoms with E-state index < -0.39 is 9.84 Å².